The van der Waals surface area contributed by atoms with E-state index in [1.54, 1.807) is 55.6 Å². The van der Waals surface area contributed by atoms with Gasteiger partial charge in [0.15, 0.2) is 12.4 Å². The summed E-state index contributed by atoms with van der Waals surface area (Å²) in [6.07, 6.45) is 3.28. The summed E-state index contributed by atoms with van der Waals surface area (Å²) < 4.78 is 12.6. The zero-order valence-corrected chi connectivity index (χ0v) is 18.9. The van der Waals surface area contributed by atoms with Crippen LogP contribution < -0.4 is 19.9 Å². The fraction of sp³-hybridized carbons (Fsp3) is 0.269. The van der Waals surface area contributed by atoms with E-state index < -0.39 is 6.04 Å². The molecule has 0 fully saturated rings. The molecule has 0 aliphatic carbocycles. The minimum atomic E-state index is -0.736. The summed E-state index contributed by atoms with van der Waals surface area (Å²) in [5.74, 6) is 0.777. The monoisotopic (exact) mass is 446 g/mol. The minimum absolute atomic E-state index is 0.0279. The third-order valence-electron chi connectivity index (χ3n) is 5.57. The van der Waals surface area contributed by atoms with Crippen LogP contribution in [0, 0.1) is 0 Å². The van der Waals surface area contributed by atoms with Gasteiger partial charge in [0.25, 0.3) is 11.5 Å². The van der Waals surface area contributed by atoms with E-state index in [2.05, 4.69) is 6.58 Å². The van der Waals surface area contributed by atoms with Gasteiger partial charge in [0.1, 0.15) is 11.5 Å². The molecule has 33 heavy (non-hydrogen) atoms. The summed E-state index contributed by atoms with van der Waals surface area (Å²) in [6, 6.07) is 11.3. The smallest absolute Gasteiger partial charge is 0.265 e. The number of aromatic nitrogens is 1. The van der Waals surface area contributed by atoms with Crippen molar-refractivity contribution in [1.82, 2.24) is 4.57 Å². The van der Waals surface area contributed by atoms with Crippen molar-refractivity contribution in [3.05, 3.63) is 77.2 Å². The molecule has 0 saturated carbocycles. The molecule has 1 amide bonds. The number of hydrogen-bond donors (Lipinski definition) is 0. The van der Waals surface area contributed by atoms with Crippen LogP contribution in [-0.4, -0.2) is 35.5 Å². The summed E-state index contributed by atoms with van der Waals surface area (Å²) in [5, 5.41) is 1.26. The van der Waals surface area contributed by atoms with Crippen LogP contribution >= 0.6 is 0 Å². The first-order chi connectivity index (χ1) is 15.8. The Hall–Kier alpha value is -3.87. The lowest BCUT2D eigenvalue weighted by Crippen LogP contribution is -2.39. The van der Waals surface area contributed by atoms with Crippen molar-refractivity contribution in [2.45, 2.75) is 32.9 Å². The number of ether oxygens (including phenoxy) is 2. The molecule has 2 aromatic carbocycles. The maximum Gasteiger partial charge on any atom is 0.265 e. The van der Waals surface area contributed by atoms with Crippen molar-refractivity contribution >= 4 is 28.2 Å². The molecular weight excluding hydrogens is 420 g/mol. The van der Waals surface area contributed by atoms with Crippen LogP contribution in [0.4, 0.5) is 5.69 Å². The molecular formula is C26H26N2O5. The molecule has 7 nitrogen and oxygen atoms in total. The minimum Gasteiger partial charge on any atom is -0.491 e. The van der Waals surface area contributed by atoms with Crippen LogP contribution in [0.5, 0.6) is 11.5 Å². The Labute approximate surface area is 191 Å². The summed E-state index contributed by atoms with van der Waals surface area (Å²) in [6.45, 7) is 9.52. The number of nitrogens with zero attached hydrogens (tertiary/aromatic N) is 2. The number of carbonyl (C=O) groups is 2. The van der Waals surface area contributed by atoms with Gasteiger partial charge >= 0.3 is 0 Å². The fourth-order valence-electron chi connectivity index (χ4n) is 3.94. The highest BCUT2D eigenvalue weighted by Gasteiger charge is 2.27. The predicted molar refractivity (Wildman–Crippen MR) is 128 cm³/mol. The van der Waals surface area contributed by atoms with Gasteiger partial charge in [-0.3, -0.25) is 14.4 Å². The lowest BCUT2D eigenvalue weighted by atomic mass is 10.0. The topological polar surface area (TPSA) is 77.8 Å². The van der Waals surface area contributed by atoms with Crippen LogP contribution in [0.3, 0.4) is 0 Å². The molecule has 1 aliphatic rings. The van der Waals surface area contributed by atoms with Crippen LogP contribution in [0.15, 0.2) is 66.1 Å². The molecule has 0 saturated heterocycles. The number of rotatable bonds is 7. The van der Waals surface area contributed by atoms with E-state index in [9.17, 15) is 14.4 Å². The summed E-state index contributed by atoms with van der Waals surface area (Å²) >= 11 is 0. The van der Waals surface area contributed by atoms with E-state index in [-0.39, 0.29) is 30.0 Å². The lowest BCUT2D eigenvalue weighted by Gasteiger charge is -2.29. The number of Topliss-reactive ketones (excluding diaryl/α,β-unsaturated/α-hetero) is 1. The molecule has 1 aromatic heterocycles. The average molecular weight is 447 g/mol. The first-order valence-corrected chi connectivity index (χ1v) is 10.8. The van der Waals surface area contributed by atoms with Crippen molar-refractivity contribution in [3.8, 4) is 11.5 Å². The molecule has 3 aromatic rings. The highest BCUT2D eigenvalue weighted by atomic mass is 16.5. The zero-order valence-electron chi connectivity index (χ0n) is 18.9. The number of hydrogen-bond acceptors (Lipinski definition) is 5. The molecule has 0 bridgehead atoms. The number of ketones is 1. The molecule has 7 heteroatoms. The van der Waals surface area contributed by atoms with Gasteiger partial charge in [-0.2, -0.15) is 0 Å². The van der Waals surface area contributed by atoms with Crippen LogP contribution in [-0.2, 0) is 4.79 Å². The highest BCUT2D eigenvalue weighted by Crippen LogP contribution is 2.34. The second-order valence-electron chi connectivity index (χ2n) is 8.25. The molecule has 1 unspecified atom stereocenters. The highest BCUT2D eigenvalue weighted by molar-refractivity contribution is 6.03. The van der Waals surface area contributed by atoms with Crippen molar-refractivity contribution in [3.63, 3.8) is 0 Å². The van der Waals surface area contributed by atoms with Crippen molar-refractivity contribution in [1.29, 1.82) is 0 Å². The molecule has 1 atom stereocenters. The van der Waals surface area contributed by atoms with E-state index in [0.29, 0.717) is 34.7 Å². The SMILES string of the molecule is C=CCN1C(=O)COc2ccc(C(=O)C(C)n3ccc4cc(OC(C)C)ccc4c3=O)cc21. The number of carbonyl (C=O) groups excluding carboxylic acids is 2. The number of fused-ring (bicyclic) bond motifs is 2. The van der Waals surface area contributed by atoms with Gasteiger partial charge in [0, 0.05) is 23.7 Å². The Balaban J connectivity index is 1.67. The number of pyridine rings is 1. The van der Waals surface area contributed by atoms with Gasteiger partial charge in [-0.05, 0) is 68.6 Å². The second kappa shape index (κ2) is 8.94. The van der Waals surface area contributed by atoms with Crippen molar-refractivity contribution in [2.24, 2.45) is 0 Å². The molecule has 0 spiro atoms. The van der Waals surface area contributed by atoms with E-state index in [4.69, 9.17) is 9.47 Å². The Bertz CT molecular complexity index is 1310. The standard InChI is InChI=1S/C26H26N2O5/c1-5-11-28-22-14-19(6-9-23(22)32-15-24(28)29)25(30)17(4)27-12-10-18-13-20(33-16(2)3)7-8-21(18)26(27)31/h5-10,12-14,16-17H,1,11,15H2,2-4H3. The van der Waals surface area contributed by atoms with Gasteiger partial charge in [0.05, 0.1) is 17.8 Å². The quantitative estimate of drug-likeness (QED) is 0.403. The van der Waals surface area contributed by atoms with Gasteiger partial charge < -0.3 is 18.9 Å². The number of benzene rings is 2. The van der Waals surface area contributed by atoms with E-state index in [1.807, 2.05) is 19.9 Å². The fourth-order valence-corrected chi connectivity index (χ4v) is 3.94. The Morgan fingerprint density at radius 2 is 1.94 bits per heavy atom. The van der Waals surface area contributed by atoms with E-state index >= 15 is 0 Å². The first kappa shape index (κ1) is 22.3. The molecule has 1 aliphatic heterocycles. The predicted octanol–water partition coefficient (Wildman–Crippen LogP) is 4.14. The van der Waals surface area contributed by atoms with Gasteiger partial charge in [-0.1, -0.05) is 6.08 Å². The van der Waals surface area contributed by atoms with E-state index in [0.717, 1.165) is 5.39 Å². The molecule has 0 N–H and O–H groups in total. The first-order valence-electron chi connectivity index (χ1n) is 10.8. The summed E-state index contributed by atoms with van der Waals surface area (Å²) in [4.78, 5) is 40.2. The van der Waals surface area contributed by atoms with Gasteiger partial charge in [-0.15, -0.1) is 6.58 Å². The van der Waals surface area contributed by atoms with Gasteiger partial charge in [0.2, 0.25) is 0 Å². The lowest BCUT2D eigenvalue weighted by molar-refractivity contribution is -0.121. The average Bonchev–Trinajstić information content (AvgIpc) is 2.79. The molecule has 170 valence electrons. The van der Waals surface area contributed by atoms with Crippen LogP contribution in [0.2, 0.25) is 0 Å². The summed E-state index contributed by atoms with van der Waals surface area (Å²) in [7, 11) is 0. The number of amides is 1. The van der Waals surface area contributed by atoms with Crippen molar-refractivity contribution in [2.75, 3.05) is 18.1 Å². The maximum atomic E-state index is 13.3. The Morgan fingerprint density at radius 1 is 1.15 bits per heavy atom. The Kier molecular flexibility index (Phi) is 6.05. The summed E-state index contributed by atoms with van der Waals surface area (Å²) in [5.41, 5.74) is 0.656. The maximum absolute atomic E-state index is 13.3. The van der Waals surface area contributed by atoms with Gasteiger partial charge in [-0.25, -0.2) is 0 Å². The normalized spacial score (nSPS) is 14.1. The third kappa shape index (κ3) is 4.26. The van der Waals surface area contributed by atoms with Crippen LogP contribution in [0.1, 0.15) is 37.2 Å². The van der Waals surface area contributed by atoms with E-state index in [1.165, 1.54) is 9.47 Å². The van der Waals surface area contributed by atoms with Crippen molar-refractivity contribution < 1.29 is 19.1 Å². The molecule has 2 heterocycles. The van der Waals surface area contributed by atoms with Crippen LogP contribution in [0.25, 0.3) is 10.8 Å². The Morgan fingerprint density at radius 3 is 2.67 bits per heavy atom. The molecule has 0 radical (unpaired) electrons. The molecule has 4 rings (SSSR count). The number of anilines is 1. The zero-order chi connectivity index (χ0) is 23.7. The second-order valence-corrected chi connectivity index (χ2v) is 8.25. The third-order valence-corrected chi connectivity index (χ3v) is 5.57. The largest absolute Gasteiger partial charge is 0.491 e.